The third-order valence-corrected chi connectivity index (χ3v) is 6.87. The average molecular weight is 468 g/mol. The van der Waals surface area contributed by atoms with Crippen LogP contribution in [0.15, 0.2) is 115 Å². The zero-order valence-corrected chi connectivity index (χ0v) is 20.3. The van der Waals surface area contributed by atoms with Crippen LogP contribution in [-0.4, -0.2) is 9.97 Å². The number of aryl methyl sites for hydroxylation is 2. The molecule has 0 spiro atoms. The Balaban J connectivity index is 1.49. The van der Waals surface area contributed by atoms with Crippen molar-refractivity contribution in [3.8, 4) is 22.5 Å². The van der Waals surface area contributed by atoms with E-state index in [-0.39, 0.29) is 0 Å². The van der Waals surface area contributed by atoms with E-state index in [2.05, 4.69) is 114 Å². The third kappa shape index (κ3) is 4.78. The number of aromatic nitrogens is 2. The lowest BCUT2D eigenvalue weighted by molar-refractivity contribution is 0.678. The zero-order valence-electron chi connectivity index (χ0n) is 20.3. The van der Waals surface area contributed by atoms with Crippen LogP contribution in [0.25, 0.3) is 22.5 Å². The van der Waals surface area contributed by atoms with Crippen LogP contribution in [0.2, 0.25) is 0 Å². The monoisotopic (exact) mass is 467 g/mol. The number of anilines is 3. The molecule has 36 heavy (non-hydrogen) atoms. The summed E-state index contributed by atoms with van der Waals surface area (Å²) < 4.78 is 0. The fourth-order valence-electron chi connectivity index (χ4n) is 4.90. The molecule has 0 N–H and O–H groups in total. The van der Waals surface area contributed by atoms with E-state index in [1.165, 1.54) is 30.4 Å². The maximum atomic E-state index is 5.10. The average Bonchev–Trinajstić information content (AvgIpc) is 2.94. The molecule has 0 amide bonds. The maximum absolute atomic E-state index is 5.10. The molecule has 3 heteroatoms. The molecule has 0 unspecified atom stereocenters. The normalized spacial score (nSPS) is 13.5. The molecule has 4 aliphatic rings. The second-order valence-corrected chi connectivity index (χ2v) is 9.39. The van der Waals surface area contributed by atoms with Crippen molar-refractivity contribution in [3.63, 3.8) is 0 Å². The van der Waals surface area contributed by atoms with Crippen molar-refractivity contribution < 1.29 is 0 Å². The van der Waals surface area contributed by atoms with E-state index in [4.69, 9.17) is 9.97 Å². The molecule has 3 nitrogen and oxygen atoms in total. The highest BCUT2D eigenvalue weighted by atomic mass is 15.2. The predicted octanol–water partition coefficient (Wildman–Crippen LogP) is 8.55. The first kappa shape index (κ1) is 22.2. The number of nitrogens with zero attached hydrogens (tertiary/aromatic N) is 3. The number of hydrogen-bond acceptors (Lipinski definition) is 3. The molecule has 0 fully saturated rings. The summed E-state index contributed by atoms with van der Waals surface area (Å²) in [5, 5.41) is 0. The van der Waals surface area contributed by atoms with E-state index in [0.29, 0.717) is 0 Å². The molecule has 4 aliphatic heterocycles. The summed E-state index contributed by atoms with van der Waals surface area (Å²) in [6.07, 6.45) is 5.91. The molecular weight excluding hydrogens is 438 g/mol. The second-order valence-electron chi connectivity index (χ2n) is 9.39. The van der Waals surface area contributed by atoms with Gasteiger partial charge in [-0.3, -0.25) is 4.90 Å². The summed E-state index contributed by atoms with van der Waals surface area (Å²) >= 11 is 0. The smallest absolute Gasteiger partial charge is 0.139 e. The molecule has 0 radical (unpaired) electrons. The van der Waals surface area contributed by atoms with Gasteiger partial charge in [0.2, 0.25) is 0 Å². The van der Waals surface area contributed by atoms with Crippen molar-refractivity contribution in [2.75, 3.05) is 4.90 Å². The lowest BCUT2D eigenvalue weighted by atomic mass is 10.0. The molecule has 0 atom stereocenters. The van der Waals surface area contributed by atoms with Gasteiger partial charge in [-0.25, -0.2) is 9.97 Å². The van der Waals surface area contributed by atoms with Crippen LogP contribution in [0.3, 0.4) is 0 Å². The van der Waals surface area contributed by atoms with Crippen LogP contribution in [-0.2, 0) is 12.8 Å². The lowest BCUT2D eigenvalue weighted by Gasteiger charge is -2.24. The van der Waals surface area contributed by atoms with Crippen molar-refractivity contribution in [2.45, 2.75) is 32.1 Å². The molecule has 6 heterocycles. The highest BCUT2D eigenvalue weighted by Crippen LogP contribution is 2.34. The van der Waals surface area contributed by atoms with Crippen LogP contribution < -0.4 is 4.90 Å². The molecular formula is C33H29N3. The Bertz CT molecular complexity index is 1350. The summed E-state index contributed by atoms with van der Waals surface area (Å²) in [5.74, 6) is 1.69. The van der Waals surface area contributed by atoms with Crippen molar-refractivity contribution in [1.82, 2.24) is 9.97 Å². The molecule has 0 saturated heterocycles. The van der Waals surface area contributed by atoms with Crippen LogP contribution in [0.1, 0.15) is 30.4 Å². The Morgan fingerprint density at radius 2 is 0.944 bits per heavy atom. The second kappa shape index (κ2) is 10.2. The Morgan fingerprint density at radius 3 is 1.44 bits per heavy atom. The fourth-order valence-corrected chi connectivity index (χ4v) is 4.90. The first-order valence-corrected chi connectivity index (χ1v) is 12.8. The van der Waals surface area contributed by atoms with Crippen molar-refractivity contribution in [1.29, 1.82) is 0 Å². The topological polar surface area (TPSA) is 29.0 Å². The largest absolute Gasteiger partial charge is 0.279 e. The molecule has 0 saturated carbocycles. The minimum atomic E-state index is 0.845. The molecule has 9 rings (SSSR count). The van der Waals surface area contributed by atoms with Gasteiger partial charge in [0.25, 0.3) is 0 Å². The minimum Gasteiger partial charge on any atom is -0.279 e. The highest BCUT2D eigenvalue weighted by molar-refractivity contribution is 5.75. The first-order valence-electron chi connectivity index (χ1n) is 12.8. The van der Waals surface area contributed by atoms with Gasteiger partial charge in [0.05, 0.1) is 11.4 Å². The third-order valence-electron chi connectivity index (χ3n) is 6.87. The van der Waals surface area contributed by atoms with E-state index in [1.807, 2.05) is 6.07 Å². The Morgan fingerprint density at radius 1 is 0.444 bits per heavy atom. The van der Waals surface area contributed by atoms with Gasteiger partial charge in [-0.15, -0.1) is 0 Å². The molecule has 0 aliphatic carbocycles. The summed E-state index contributed by atoms with van der Waals surface area (Å²) in [6, 6.07) is 40.6. The number of pyridine rings is 2. The van der Waals surface area contributed by atoms with E-state index in [1.54, 1.807) is 0 Å². The van der Waals surface area contributed by atoms with E-state index >= 15 is 0 Å². The number of rotatable bonds is 1. The first-order chi connectivity index (χ1) is 17.8. The number of benzene rings is 3. The van der Waals surface area contributed by atoms with Gasteiger partial charge in [0.15, 0.2) is 0 Å². The van der Waals surface area contributed by atoms with Crippen molar-refractivity contribution in [2.24, 2.45) is 0 Å². The highest BCUT2D eigenvalue weighted by Gasteiger charge is 2.16. The summed E-state index contributed by atoms with van der Waals surface area (Å²) in [4.78, 5) is 12.3. The number of hydrogen-bond donors (Lipinski definition) is 0. The van der Waals surface area contributed by atoms with Gasteiger partial charge in [-0.05, 0) is 73.2 Å². The van der Waals surface area contributed by atoms with Gasteiger partial charge in [0.1, 0.15) is 11.6 Å². The molecule has 8 bridgehead atoms. The molecule has 176 valence electrons. The van der Waals surface area contributed by atoms with E-state index < -0.39 is 0 Å². The van der Waals surface area contributed by atoms with E-state index in [0.717, 1.165) is 52.7 Å². The standard InChI is InChI=1S/C33H29N3/c1-3-9-25-17-21-27(22-18-25)30-13-7-15-32(34-30)36(29-11-5-2-6-12-29)33-16-8-14-31(35-33)28-23-19-26(10-4-1)20-24-28/h2,5-8,11-24H,1,3-4,9-10H2. The fraction of sp³-hybridized carbons (Fsp3) is 0.152. The molecule has 2 aromatic heterocycles. The SMILES string of the molecule is c1ccc(N2c3cccc(n3)-c3ccc(cc3)CCCCCc3ccc(cc3)-c3cccc2n3)cc1. The van der Waals surface area contributed by atoms with Crippen LogP contribution >= 0.6 is 0 Å². The van der Waals surface area contributed by atoms with Crippen LogP contribution in [0, 0.1) is 0 Å². The quantitative estimate of drug-likeness (QED) is 0.247. The lowest BCUT2D eigenvalue weighted by Crippen LogP contribution is -2.13. The van der Waals surface area contributed by atoms with Crippen molar-refractivity contribution >= 4 is 17.3 Å². The maximum Gasteiger partial charge on any atom is 0.139 e. The Kier molecular flexibility index (Phi) is 6.28. The van der Waals surface area contributed by atoms with Gasteiger partial charge in [0, 0.05) is 16.8 Å². The van der Waals surface area contributed by atoms with Crippen molar-refractivity contribution in [3.05, 3.63) is 126 Å². The minimum absolute atomic E-state index is 0.845. The van der Waals surface area contributed by atoms with E-state index in [9.17, 15) is 0 Å². The van der Waals surface area contributed by atoms with Gasteiger partial charge < -0.3 is 0 Å². The van der Waals surface area contributed by atoms with Gasteiger partial charge >= 0.3 is 0 Å². The van der Waals surface area contributed by atoms with Gasteiger partial charge in [-0.2, -0.15) is 0 Å². The summed E-state index contributed by atoms with van der Waals surface area (Å²) in [5.41, 5.74) is 7.98. The van der Waals surface area contributed by atoms with Crippen LogP contribution in [0.5, 0.6) is 0 Å². The zero-order chi connectivity index (χ0) is 24.2. The summed E-state index contributed by atoms with van der Waals surface area (Å²) in [6.45, 7) is 0. The summed E-state index contributed by atoms with van der Waals surface area (Å²) in [7, 11) is 0. The molecule has 3 aromatic carbocycles. The van der Waals surface area contributed by atoms with Crippen LogP contribution in [0.4, 0.5) is 17.3 Å². The number of para-hydroxylation sites is 1. The Labute approximate surface area is 213 Å². The molecule has 5 aromatic rings. The van der Waals surface area contributed by atoms with Gasteiger partial charge in [-0.1, -0.05) is 85.3 Å². The predicted molar refractivity (Wildman–Crippen MR) is 149 cm³/mol. The Hall–Kier alpha value is -4.24.